The monoisotopic (exact) mass is 282 g/mol. The van der Waals surface area contributed by atoms with Gasteiger partial charge in [0, 0.05) is 6.42 Å². The van der Waals surface area contributed by atoms with Crippen molar-refractivity contribution >= 4 is 17.3 Å². The molecule has 1 aromatic carbocycles. The fourth-order valence-corrected chi connectivity index (χ4v) is 2.01. The number of anilines is 1. The van der Waals surface area contributed by atoms with E-state index in [2.05, 4.69) is 5.32 Å². The Bertz CT molecular complexity index is 563. The summed E-state index contributed by atoms with van der Waals surface area (Å²) >= 11 is 0. The number of halogens is 1. The van der Waals surface area contributed by atoms with Crippen LogP contribution in [0.25, 0.3) is 0 Å². The minimum atomic E-state index is -0.890. The summed E-state index contributed by atoms with van der Waals surface area (Å²) in [5.74, 6) is -1.14. The molecule has 0 atom stereocenters. The van der Waals surface area contributed by atoms with Crippen LogP contribution in [0.1, 0.15) is 38.3 Å². The summed E-state index contributed by atoms with van der Waals surface area (Å²) in [6.45, 7) is 8.78. The van der Waals surface area contributed by atoms with E-state index in [0.29, 0.717) is 11.3 Å². The maximum absolute atomic E-state index is 13.6. The van der Waals surface area contributed by atoms with Gasteiger partial charge < -0.3 is 5.32 Å². The van der Waals surface area contributed by atoms with Gasteiger partial charge in [-0.2, -0.15) is 4.39 Å². The van der Waals surface area contributed by atoms with E-state index in [0.717, 1.165) is 6.07 Å². The fourth-order valence-electron chi connectivity index (χ4n) is 2.01. The summed E-state index contributed by atoms with van der Waals surface area (Å²) in [6.07, 6.45) is 0.275. The lowest BCUT2D eigenvalue weighted by molar-refractivity contribution is -0.388. The number of rotatable bonds is 3. The molecule has 0 aliphatic carbocycles. The molecule has 0 spiro atoms. The van der Waals surface area contributed by atoms with Crippen molar-refractivity contribution in [3.05, 3.63) is 33.1 Å². The lowest BCUT2D eigenvalue weighted by Crippen LogP contribution is -2.21. The van der Waals surface area contributed by atoms with E-state index in [1.54, 1.807) is 6.92 Å². The van der Waals surface area contributed by atoms with Gasteiger partial charge >= 0.3 is 5.69 Å². The topological polar surface area (TPSA) is 72.2 Å². The first-order valence-corrected chi connectivity index (χ1v) is 6.27. The van der Waals surface area contributed by atoms with Gasteiger partial charge in [-0.05, 0) is 30.9 Å². The van der Waals surface area contributed by atoms with Gasteiger partial charge in [0.2, 0.25) is 11.7 Å². The fraction of sp³-hybridized carbons (Fsp3) is 0.500. The second-order valence-corrected chi connectivity index (χ2v) is 6.07. The predicted molar refractivity (Wildman–Crippen MR) is 75.2 cm³/mol. The first kappa shape index (κ1) is 16.1. The molecular weight excluding hydrogens is 263 g/mol. The van der Waals surface area contributed by atoms with Gasteiger partial charge in [0.25, 0.3) is 0 Å². The molecular formula is C14H19FN2O3. The minimum Gasteiger partial charge on any atom is -0.325 e. The van der Waals surface area contributed by atoms with Gasteiger partial charge in [0.15, 0.2) is 0 Å². The third-order valence-electron chi connectivity index (χ3n) is 2.83. The van der Waals surface area contributed by atoms with Gasteiger partial charge in [-0.1, -0.05) is 20.8 Å². The Morgan fingerprint density at radius 3 is 2.40 bits per heavy atom. The molecule has 1 aromatic rings. The molecule has 0 heterocycles. The molecule has 0 fully saturated rings. The highest BCUT2D eigenvalue weighted by Crippen LogP contribution is 2.32. The third-order valence-corrected chi connectivity index (χ3v) is 2.83. The number of amides is 1. The zero-order chi connectivity index (χ0) is 15.7. The Labute approximate surface area is 117 Å². The van der Waals surface area contributed by atoms with E-state index in [1.165, 1.54) is 6.92 Å². The second kappa shape index (κ2) is 5.56. The van der Waals surface area contributed by atoms with Crippen molar-refractivity contribution in [2.45, 2.75) is 41.0 Å². The van der Waals surface area contributed by atoms with E-state index in [1.807, 2.05) is 20.8 Å². The van der Waals surface area contributed by atoms with Gasteiger partial charge in [0.05, 0.1) is 16.2 Å². The Balaban J connectivity index is 3.16. The molecule has 1 N–H and O–H groups in total. The van der Waals surface area contributed by atoms with Crippen LogP contribution in [0.5, 0.6) is 0 Å². The zero-order valence-corrected chi connectivity index (χ0v) is 12.3. The molecule has 110 valence electrons. The molecule has 0 aromatic heterocycles. The summed E-state index contributed by atoms with van der Waals surface area (Å²) in [7, 11) is 0. The van der Waals surface area contributed by atoms with Crippen molar-refractivity contribution in [3.8, 4) is 0 Å². The smallest absolute Gasteiger partial charge is 0.309 e. The van der Waals surface area contributed by atoms with Gasteiger partial charge in [-0.15, -0.1) is 0 Å². The number of nitrogens with one attached hydrogen (secondary N) is 1. The number of hydrogen-bond donors (Lipinski definition) is 1. The second-order valence-electron chi connectivity index (χ2n) is 6.07. The minimum absolute atomic E-state index is 0.134. The SMILES string of the molecule is Cc1cc(F)c([N+](=O)[O-])c(C)c1NC(=O)CC(C)(C)C. The Kier molecular flexibility index (Phi) is 4.47. The normalized spacial score (nSPS) is 11.3. The number of benzene rings is 1. The number of hydrogen-bond acceptors (Lipinski definition) is 3. The van der Waals surface area contributed by atoms with Crippen LogP contribution in [0, 0.1) is 35.2 Å². The number of nitro groups is 1. The van der Waals surface area contributed by atoms with Crippen molar-refractivity contribution in [2.24, 2.45) is 5.41 Å². The molecule has 0 bridgehead atoms. The summed E-state index contributed by atoms with van der Waals surface area (Å²) in [6, 6.07) is 1.07. The molecule has 0 saturated carbocycles. The van der Waals surface area contributed by atoms with Crippen LogP contribution in [0.15, 0.2) is 6.07 Å². The summed E-state index contributed by atoms with van der Waals surface area (Å²) < 4.78 is 13.6. The van der Waals surface area contributed by atoms with E-state index in [-0.39, 0.29) is 23.3 Å². The molecule has 1 rings (SSSR count). The van der Waals surface area contributed by atoms with Crippen LogP contribution in [-0.4, -0.2) is 10.8 Å². The number of nitrogens with zero attached hydrogens (tertiary/aromatic N) is 1. The summed E-state index contributed by atoms with van der Waals surface area (Å²) in [5, 5.41) is 13.5. The molecule has 0 aliphatic rings. The van der Waals surface area contributed by atoms with Crippen molar-refractivity contribution in [2.75, 3.05) is 5.32 Å². The molecule has 6 heteroatoms. The van der Waals surface area contributed by atoms with Crippen LogP contribution in [0.2, 0.25) is 0 Å². The highest BCUT2D eigenvalue weighted by Gasteiger charge is 2.24. The van der Waals surface area contributed by atoms with E-state index < -0.39 is 16.4 Å². The highest BCUT2D eigenvalue weighted by atomic mass is 19.1. The molecule has 1 amide bonds. The standard InChI is InChI=1S/C14H19FN2O3/c1-8-6-10(15)13(17(19)20)9(2)12(8)16-11(18)7-14(3,4)5/h6H,7H2,1-5H3,(H,16,18). The van der Waals surface area contributed by atoms with E-state index >= 15 is 0 Å². The van der Waals surface area contributed by atoms with Crippen molar-refractivity contribution in [1.29, 1.82) is 0 Å². The molecule has 0 aliphatic heterocycles. The Hall–Kier alpha value is -1.98. The molecule has 20 heavy (non-hydrogen) atoms. The Morgan fingerprint density at radius 2 is 1.95 bits per heavy atom. The first-order valence-electron chi connectivity index (χ1n) is 6.27. The molecule has 0 saturated heterocycles. The van der Waals surface area contributed by atoms with Crippen LogP contribution < -0.4 is 5.32 Å². The van der Waals surface area contributed by atoms with Crippen LogP contribution in [-0.2, 0) is 4.79 Å². The summed E-state index contributed by atoms with van der Waals surface area (Å²) in [4.78, 5) is 22.0. The molecule has 0 unspecified atom stereocenters. The van der Waals surface area contributed by atoms with Crippen molar-refractivity contribution < 1.29 is 14.1 Å². The average Bonchev–Trinajstić information content (AvgIpc) is 2.20. The molecule has 0 radical (unpaired) electrons. The lowest BCUT2D eigenvalue weighted by atomic mass is 9.92. The van der Waals surface area contributed by atoms with Crippen LogP contribution in [0.3, 0.4) is 0 Å². The molecule has 5 nitrogen and oxygen atoms in total. The largest absolute Gasteiger partial charge is 0.325 e. The lowest BCUT2D eigenvalue weighted by Gasteiger charge is -2.19. The number of carbonyl (C=O) groups is 1. The predicted octanol–water partition coefficient (Wildman–Crippen LogP) is 3.73. The number of carbonyl (C=O) groups excluding carboxylic acids is 1. The maximum Gasteiger partial charge on any atom is 0.309 e. The zero-order valence-electron chi connectivity index (χ0n) is 12.3. The van der Waals surface area contributed by atoms with Crippen LogP contribution in [0.4, 0.5) is 15.8 Å². The average molecular weight is 282 g/mol. The summed E-state index contributed by atoms with van der Waals surface area (Å²) in [5.41, 5.74) is 0.120. The first-order chi connectivity index (χ1) is 9.03. The van der Waals surface area contributed by atoms with Gasteiger partial charge in [0.1, 0.15) is 0 Å². The van der Waals surface area contributed by atoms with Gasteiger partial charge in [-0.3, -0.25) is 14.9 Å². The van der Waals surface area contributed by atoms with Crippen LogP contribution >= 0.6 is 0 Å². The Morgan fingerprint density at radius 1 is 1.40 bits per heavy atom. The highest BCUT2D eigenvalue weighted by molar-refractivity contribution is 5.93. The quantitative estimate of drug-likeness (QED) is 0.678. The van der Waals surface area contributed by atoms with Crippen molar-refractivity contribution in [3.63, 3.8) is 0 Å². The number of nitro benzene ring substituents is 1. The third kappa shape index (κ3) is 3.76. The maximum atomic E-state index is 13.6. The van der Waals surface area contributed by atoms with Gasteiger partial charge in [-0.25, -0.2) is 0 Å². The van der Waals surface area contributed by atoms with E-state index in [9.17, 15) is 19.3 Å². The number of aryl methyl sites for hydroxylation is 1. The van der Waals surface area contributed by atoms with Crippen molar-refractivity contribution in [1.82, 2.24) is 0 Å². The van der Waals surface area contributed by atoms with E-state index in [4.69, 9.17) is 0 Å².